The van der Waals surface area contributed by atoms with Gasteiger partial charge in [0.2, 0.25) is 0 Å². The number of carbonyl (C=O) groups excluding carboxylic acids is 1. The van der Waals surface area contributed by atoms with E-state index < -0.39 is 11.9 Å². The van der Waals surface area contributed by atoms with Gasteiger partial charge in [0.05, 0.1) is 12.0 Å². The summed E-state index contributed by atoms with van der Waals surface area (Å²) in [4.78, 5) is 24.5. The van der Waals surface area contributed by atoms with Gasteiger partial charge in [-0.25, -0.2) is 4.79 Å². The Morgan fingerprint density at radius 1 is 1.27 bits per heavy atom. The molecule has 6 heteroatoms. The molecule has 122 valence electrons. The molecule has 0 heterocycles. The van der Waals surface area contributed by atoms with Gasteiger partial charge >= 0.3 is 12.0 Å². The zero-order valence-electron chi connectivity index (χ0n) is 13.3. The van der Waals surface area contributed by atoms with Crippen LogP contribution in [-0.4, -0.2) is 35.6 Å². The fraction of sp³-hybridized carbons (Fsp3) is 0.500. The topological polar surface area (TPSA) is 69.6 Å². The molecule has 0 fully saturated rings. The lowest BCUT2D eigenvalue weighted by Crippen LogP contribution is -2.43. The molecule has 0 aliphatic heterocycles. The number of carbonyl (C=O) groups is 2. The second-order valence-electron chi connectivity index (χ2n) is 5.81. The van der Waals surface area contributed by atoms with E-state index in [1.165, 1.54) is 4.90 Å². The second kappa shape index (κ2) is 8.03. The number of aliphatic carboxylic acids is 1. The lowest BCUT2D eigenvalue weighted by Gasteiger charge is -2.27. The van der Waals surface area contributed by atoms with E-state index in [1.54, 1.807) is 20.0 Å². The van der Waals surface area contributed by atoms with Crippen molar-refractivity contribution in [3.05, 3.63) is 34.9 Å². The number of rotatable bonds is 6. The lowest BCUT2D eigenvalue weighted by atomic mass is 9.96. The molecule has 1 aromatic carbocycles. The zero-order chi connectivity index (χ0) is 16.9. The smallest absolute Gasteiger partial charge is 0.317 e. The Balaban J connectivity index is 2.82. The molecule has 2 unspecified atom stereocenters. The number of carboxylic acids is 1. The summed E-state index contributed by atoms with van der Waals surface area (Å²) in [5.41, 5.74) is 0.854. The van der Waals surface area contributed by atoms with Crippen molar-refractivity contribution in [1.82, 2.24) is 10.2 Å². The van der Waals surface area contributed by atoms with Crippen LogP contribution in [0.4, 0.5) is 4.79 Å². The van der Waals surface area contributed by atoms with E-state index in [-0.39, 0.29) is 24.5 Å². The molecule has 0 aromatic heterocycles. The third-order valence-corrected chi connectivity index (χ3v) is 3.85. The Morgan fingerprint density at radius 2 is 1.86 bits per heavy atom. The SMILES string of the molecule is CC(CN(C)C(=O)NC(c1ccccc1Cl)C(C)C)C(=O)O. The van der Waals surface area contributed by atoms with Crippen LogP contribution in [-0.2, 0) is 4.79 Å². The summed E-state index contributed by atoms with van der Waals surface area (Å²) in [6.07, 6.45) is 0. The number of carboxylic acid groups (broad SMARTS) is 1. The highest BCUT2D eigenvalue weighted by Crippen LogP contribution is 2.28. The van der Waals surface area contributed by atoms with E-state index in [2.05, 4.69) is 5.32 Å². The molecule has 2 N–H and O–H groups in total. The average Bonchev–Trinajstić information content (AvgIpc) is 2.44. The number of urea groups is 1. The van der Waals surface area contributed by atoms with Crippen LogP contribution in [0.2, 0.25) is 5.02 Å². The number of amides is 2. The van der Waals surface area contributed by atoms with Gasteiger partial charge in [-0.15, -0.1) is 0 Å². The molecule has 0 aliphatic carbocycles. The molecule has 1 aromatic rings. The van der Waals surface area contributed by atoms with Gasteiger partial charge in [-0.3, -0.25) is 4.79 Å². The Bertz CT molecular complexity index is 534. The van der Waals surface area contributed by atoms with E-state index in [4.69, 9.17) is 16.7 Å². The Hall–Kier alpha value is -1.75. The van der Waals surface area contributed by atoms with Crippen molar-refractivity contribution in [2.45, 2.75) is 26.8 Å². The first-order valence-electron chi connectivity index (χ1n) is 7.22. The van der Waals surface area contributed by atoms with E-state index in [0.717, 1.165) is 5.56 Å². The van der Waals surface area contributed by atoms with Gasteiger partial charge in [0, 0.05) is 18.6 Å². The Kier molecular flexibility index (Phi) is 6.68. The molecule has 0 saturated heterocycles. The van der Waals surface area contributed by atoms with E-state index in [1.807, 2.05) is 32.0 Å². The molecule has 0 saturated carbocycles. The minimum Gasteiger partial charge on any atom is -0.481 e. The van der Waals surface area contributed by atoms with Gasteiger partial charge in [-0.05, 0) is 17.5 Å². The molecule has 1 rings (SSSR count). The van der Waals surface area contributed by atoms with Crippen molar-refractivity contribution >= 4 is 23.6 Å². The highest BCUT2D eigenvalue weighted by molar-refractivity contribution is 6.31. The minimum atomic E-state index is -0.925. The molecule has 0 bridgehead atoms. The Labute approximate surface area is 136 Å². The number of hydrogen-bond donors (Lipinski definition) is 2. The summed E-state index contributed by atoms with van der Waals surface area (Å²) in [5.74, 6) is -1.39. The lowest BCUT2D eigenvalue weighted by molar-refractivity contribution is -0.141. The predicted molar refractivity (Wildman–Crippen MR) is 87.0 cm³/mol. The van der Waals surface area contributed by atoms with Crippen LogP contribution in [0, 0.1) is 11.8 Å². The van der Waals surface area contributed by atoms with E-state index >= 15 is 0 Å². The first kappa shape index (κ1) is 18.3. The van der Waals surface area contributed by atoms with Gasteiger partial charge in [0.25, 0.3) is 0 Å². The van der Waals surface area contributed by atoms with Crippen molar-refractivity contribution in [3.63, 3.8) is 0 Å². The molecular formula is C16H23ClN2O3. The van der Waals surface area contributed by atoms with Crippen LogP contribution in [0.25, 0.3) is 0 Å². The maximum Gasteiger partial charge on any atom is 0.317 e. The highest BCUT2D eigenvalue weighted by Gasteiger charge is 2.23. The molecule has 22 heavy (non-hydrogen) atoms. The molecule has 2 amide bonds. The summed E-state index contributed by atoms with van der Waals surface area (Å²) in [7, 11) is 1.58. The molecule has 2 atom stereocenters. The highest BCUT2D eigenvalue weighted by atomic mass is 35.5. The quantitative estimate of drug-likeness (QED) is 0.841. The first-order valence-corrected chi connectivity index (χ1v) is 7.60. The molecule has 5 nitrogen and oxygen atoms in total. The normalized spacial score (nSPS) is 13.5. The van der Waals surface area contributed by atoms with Crippen LogP contribution < -0.4 is 5.32 Å². The number of hydrogen-bond acceptors (Lipinski definition) is 2. The van der Waals surface area contributed by atoms with E-state index in [0.29, 0.717) is 5.02 Å². The fourth-order valence-corrected chi connectivity index (χ4v) is 2.40. The summed E-state index contributed by atoms with van der Waals surface area (Å²) in [5, 5.41) is 12.4. The van der Waals surface area contributed by atoms with Crippen LogP contribution in [0.3, 0.4) is 0 Å². The number of halogens is 1. The molecule has 0 radical (unpaired) electrons. The third kappa shape index (κ3) is 4.91. The van der Waals surface area contributed by atoms with Crippen molar-refractivity contribution in [2.24, 2.45) is 11.8 Å². The third-order valence-electron chi connectivity index (χ3n) is 3.50. The summed E-state index contributed by atoms with van der Waals surface area (Å²) >= 11 is 6.21. The monoisotopic (exact) mass is 326 g/mol. The van der Waals surface area contributed by atoms with Gasteiger partial charge in [-0.1, -0.05) is 50.6 Å². The summed E-state index contributed by atoms with van der Waals surface area (Å²) < 4.78 is 0. The van der Waals surface area contributed by atoms with E-state index in [9.17, 15) is 9.59 Å². The molecule has 0 aliphatic rings. The maximum absolute atomic E-state index is 12.3. The van der Waals surface area contributed by atoms with Gasteiger partial charge in [-0.2, -0.15) is 0 Å². The second-order valence-corrected chi connectivity index (χ2v) is 6.22. The van der Waals surface area contributed by atoms with Crippen LogP contribution in [0.15, 0.2) is 24.3 Å². The average molecular weight is 327 g/mol. The standard InChI is InChI=1S/C16H23ClN2O3/c1-10(2)14(12-7-5-6-8-13(12)17)18-16(22)19(4)9-11(3)15(20)21/h5-8,10-11,14H,9H2,1-4H3,(H,18,22)(H,20,21). The Morgan fingerprint density at radius 3 is 2.36 bits per heavy atom. The fourth-order valence-electron chi connectivity index (χ4n) is 2.15. The number of nitrogens with zero attached hydrogens (tertiary/aromatic N) is 1. The number of benzene rings is 1. The summed E-state index contributed by atoms with van der Waals surface area (Å²) in [6, 6.07) is 6.84. The largest absolute Gasteiger partial charge is 0.481 e. The molecular weight excluding hydrogens is 304 g/mol. The number of nitrogens with one attached hydrogen (secondary N) is 1. The van der Waals surface area contributed by atoms with Crippen molar-refractivity contribution < 1.29 is 14.7 Å². The van der Waals surface area contributed by atoms with Crippen LogP contribution in [0.5, 0.6) is 0 Å². The van der Waals surface area contributed by atoms with Crippen molar-refractivity contribution in [1.29, 1.82) is 0 Å². The van der Waals surface area contributed by atoms with Crippen LogP contribution in [0.1, 0.15) is 32.4 Å². The van der Waals surface area contributed by atoms with Gasteiger partial charge in [0.1, 0.15) is 0 Å². The summed E-state index contributed by atoms with van der Waals surface area (Å²) in [6.45, 7) is 5.71. The van der Waals surface area contributed by atoms with Crippen molar-refractivity contribution in [3.8, 4) is 0 Å². The van der Waals surface area contributed by atoms with Gasteiger partial charge in [0.15, 0.2) is 0 Å². The van der Waals surface area contributed by atoms with Gasteiger partial charge < -0.3 is 15.3 Å². The minimum absolute atomic E-state index is 0.147. The first-order chi connectivity index (χ1) is 10.2. The van der Waals surface area contributed by atoms with Crippen LogP contribution >= 0.6 is 11.6 Å². The predicted octanol–water partition coefficient (Wildman–Crippen LogP) is 3.40. The maximum atomic E-state index is 12.3. The molecule has 0 spiro atoms. The zero-order valence-corrected chi connectivity index (χ0v) is 14.1. The van der Waals surface area contributed by atoms with Crippen molar-refractivity contribution in [2.75, 3.05) is 13.6 Å².